The number of aromatic amines is 1. The summed E-state index contributed by atoms with van der Waals surface area (Å²) in [6.45, 7) is 2.62. The van der Waals surface area contributed by atoms with Crippen molar-refractivity contribution in [3.05, 3.63) is 41.3 Å². The minimum atomic E-state index is 0.233. The van der Waals surface area contributed by atoms with E-state index in [9.17, 15) is 0 Å². The molecule has 0 spiro atoms. The highest BCUT2D eigenvalue weighted by Crippen LogP contribution is 2.26. The first-order valence-electron chi connectivity index (χ1n) is 5.22. The van der Waals surface area contributed by atoms with E-state index in [0.717, 1.165) is 22.1 Å². The van der Waals surface area contributed by atoms with Crippen molar-refractivity contribution in [3.8, 4) is 11.3 Å². The fraction of sp³-hybridized carbons (Fsp3) is 0.250. The Kier molecular flexibility index (Phi) is 3.27. The monoisotopic (exact) mass is 235 g/mol. The van der Waals surface area contributed by atoms with E-state index >= 15 is 0 Å². The van der Waals surface area contributed by atoms with Crippen LogP contribution in [0.15, 0.2) is 30.5 Å². The summed E-state index contributed by atoms with van der Waals surface area (Å²) in [5.41, 5.74) is 7.49. The third kappa shape index (κ3) is 2.10. The minimum Gasteiger partial charge on any atom is -0.342 e. The highest BCUT2D eigenvalue weighted by molar-refractivity contribution is 6.33. The van der Waals surface area contributed by atoms with Gasteiger partial charge in [-0.15, -0.1) is 0 Å². The third-order valence-electron chi connectivity index (χ3n) is 2.58. The smallest absolute Gasteiger partial charge is 0.110 e. The second-order valence-corrected chi connectivity index (χ2v) is 4.21. The van der Waals surface area contributed by atoms with Crippen molar-refractivity contribution in [2.45, 2.75) is 12.8 Å². The molecule has 0 amide bonds. The van der Waals surface area contributed by atoms with Gasteiger partial charge in [0.2, 0.25) is 0 Å². The number of nitrogens with two attached hydrogens (primary N) is 1. The molecule has 84 valence electrons. The summed E-state index contributed by atoms with van der Waals surface area (Å²) in [6.07, 6.45) is 1.79. The topological polar surface area (TPSA) is 54.7 Å². The number of aromatic nitrogens is 2. The van der Waals surface area contributed by atoms with Crippen molar-refractivity contribution in [3.63, 3.8) is 0 Å². The minimum absolute atomic E-state index is 0.233. The van der Waals surface area contributed by atoms with Gasteiger partial charge in [0, 0.05) is 23.0 Å². The highest BCUT2D eigenvalue weighted by Gasteiger charge is 2.10. The molecule has 1 aromatic heterocycles. The van der Waals surface area contributed by atoms with Gasteiger partial charge in [-0.05, 0) is 6.07 Å². The van der Waals surface area contributed by atoms with Crippen LogP contribution in [0.3, 0.4) is 0 Å². The van der Waals surface area contributed by atoms with Crippen molar-refractivity contribution in [1.82, 2.24) is 9.97 Å². The second kappa shape index (κ2) is 4.68. The van der Waals surface area contributed by atoms with Crippen molar-refractivity contribution >= 4 is 11.6 Å². The lowest BCUT2D eigenvalue weighted by molar-refractivity contribution is 0.725. The van der Waals surface area contributed by atoms with Gasteiger partial charge in [-0.25, -0.2) is 4.98 Å². The normalized spacial score (nSPS) is 12.7. The maximum Gasteiger partial charge on any atom is 0.110 e. The Morgan fingerprint density at radius 1 is 1.44 bits per heavy atom. The largest absolute Gasteiger partial charge is 0.342 e. The van der Waals surface area contributed by atoms with Gasteiger partial charge in [0.05, 0.1) is 11.9 Å². The van der Waals surface area contributed by atoms with Crippen molar-refractivity contribution < 1.29 is 0 Å². The van der Waals surface area contributed by atoms with Crippen LogP contribution in [0.1, 0.15) is 18.7 Å². The lowest BCUT2D eigenvalue weighted by Crippen LogP contribution is -2.10. The zero-order chi connectivity index (χ0) is 11.5. The number of benzene rings is 1. The van der Waals surface area contributed by atoms with Crippen molar-refractivity contribution in [1.29, 1.82) is 0 Å². The number of H-pyrrole nitrogens is 1. The summed E-state index contributed by atoms with van der Waals surface area (Å²) in [4.78, 5) is 7.56. The molecule has 2 aromatic rings. The summed E-state index contributed by atoms with van der Waals surface area (Å²) in [6, 6.07) is 7.69. The second-order valence-electron chi connectivity index (χ2n) is 3.80. The number of nitrogens with zero attached hydrogens (tertiary/aromatic N) is 1. The Hall–Kier alpha value is -1.32. The fourth-order valence-electron chi connectivity index (χ4n) is 1.52. The average Bonchev–Trinajstić information content (AvgIpc) is 2.78. The van der Waals surface area contributed by atoms with Crippen LogP contribution in [0.25, 0.3) is 11.3 Å². The molecule has 0 bridgehead atoms. The van der Waals surface area contributed by atoms with E-state index in [-0.39, 0.29) is 5.92 Å². The average molecular weight is 236 g/mol. The molecule has 0 aliphatic rings. The molecular weight excluding hydrogens is 222 g/mol. The van der Waals surface area contributed by atoms with Crippen LogP contribution in [-0.4, -0.2) is 16.5 Å². The molecule has 1 atom stereocenters. The SMILES string of the molecule is CC(CN)c1ncc(-c2ccccc2Cl)[nH]1. The predicted molar refractivity (Wildman–Crippen MR) is 66.5 cm³/mol. The van der Waals surface area contributed by atoms with Gasteiger partial charge in [-0.3, -0.25) is 0 Å². The Bertz CT molecular complexity index is 479. The van der Waals surface area contributed by atoms with E-state index < -0.39 is 0 Å². The van der Waals surface area contributed by atoms with E-state index in [1.165, 1.54) is 0 Å². The number of nitrogens with one attached hydrogen (secondary N) is 1. The van der Waals surface area contributed by atoms with Gasteiger partial charge in [0.1, 0.15) is 5.82 Å². The zero-order valence-electron chi connectivity index (χ0n) is 9.07. The first-order chi connectivity index (χ1) is 7.72. The summed E-state index contributed by atoms with van der Waals surface area (Å²) in [5, 5.41) is 0.720. The molecule has 0 saturated carbocycles. The van der Waals surface area contributed by atoms with Gasteiger partial charge in [-0.1, -0.05) is 36.7 Å². The third-order valence-corrected chi connectivity index (χ3v) is 2.91. The van der Waals surface area contributed by atoms with Crippen LogP contribution in [0.5, 0.6) is 0 Å². The van der Waals surface area contributed by atoms with E-state index in [2.05, 4.69) is 9.97 Å². The maximum absolute atomic E-state index is 6.11. The summed E-state index contributed by atoms with van der Waals surface area (Å²) in [5.74, 6) is 1.13. The van der Waals surface area contributed by atoms with Gasteiger partial charge >= 0.3 is 0 Å². The van der Waals surface area contributed by atoms with Crippen LogP contribution in [0.2, 0.25) is 5.02 Å². The number of hydrogen-bond acceptors (Lipinski definition) is 2. The lowest BCUT2D eigenvalue weighted by atomic mass is 10.1. The quantitative estimate of drug-likeness (QED) is 0.860. The van der Waals surface area contributed by atoms with Crippen LogP contribution < -0.4 is 5.73 Å². The standard InChI is InChI=1S/C12H14ClN3/c1-8(6-14)12-15-7-11(16-12)9-4-2-3-5-10(9)13/h2-5,7-8H,6,14H2,1H3,(H,15,16). The molecular formula is C12H14ClN3. The number of halogens is 1. The highest BCUT2D eigenvalue weighted by atomic mass is 35.5. The molecule has 3 N–H and O–H groups in total. The molecule has 0 saturated heterocycles. The molecule has 0 radical (unpaired) electrons. The predicted octanol–water partition coefficient (Wildman–Crippen LogP) is 2.79. The Morgan fingerprint density at radius 3 is 2.88 bits per heavy atom. The zero-order valence-corrected chi connectivity index (χ0v) is 9.83. The molecule has 0 aliphatic carbocycles. The molecule has 2 rings (SSSR count). The number of hydrogen-bond donors (Lipinski definition) is 2. The maximum atomic E-state index is 6.11. The molecule has 1 heterocycles. The van der Waals surface area contributed by atoms with Crippen LogP contribution in [0.4, 0.5) is 0 Å². The fourth-order valence-corrected chi connectivity index (χ4v) is 1.75. The summed E-state index contributed by atoms with van der Waals surface area (Å²) < 4.78 is 0. The Labute approximate surface area is 99.7 Å². The molecule has 4 heteroatoms. The van der Waals surface area contributed by atoms with Crippen molar-refractivity contribution in [2.75, 3.05) is 6.54 Å². The van der Waals surface area contributed by atoms with E-state index in [1.807, 2.05) is 31.2 Å². The van der Waals surface area contributed by atoms with Crippen LogP contribution >= 0.6 is 11.6 Å². The lowest BCUT2D eigenvalue weighted by Gasteiger charge is -2.04. The van der Waals surface area contributed by atoms with Gasteiger partial charge < -0.3 is 10.7 Å². The molecule has 1 aromatic carbocycles. The van der Waals surface area contributed by atoms with Crippen LogP contribution in [-0.2, 0) is 0 Å². The molecule has 0 fully saturated rings. The Morgan fingerprint density at radius 2 is 2.19 bits per heavy atom. The van der Waals surface area contributed by atoms with Crippen molar-refractivity contribution in [2.24, 2.45) is 5.73 Å². The summed E-state index contributed by atoms with van der Waals surface area (Å²) in [7, 11) is 0. The van der Waals surface area contributed by atoms with E-state index in [0.29, 0.717) is 6.54 Å². The van der Waals surface area contributed by atoms with E-state index in [1.54, 1.807) is 6.20 Å². The summed E-state index contributed by atoms with van der Waals surface area (Å²) >= 11 is 6.11. The van der Waals surface area contributed by atoms with Gasteiger partial charge in [0.25, 0.3) is 0 Å². The first-order valence-corrected chi connectivity index (χ1v) is 5.60. The molecule has 1 unspecified atom stereocenters. The molecule has 16 heavy (non-hydrogen) atoms. The number of imidazole rings is 1. The van der Waals surface area contributed by atoms with E-state index in [4.69, 9.17) is 17.3 Å². The Balaban J connectivity index is 2.35. The number of rotatable bonds is 3. The van der Waals surface area contributed by atoms with Gasteiger partial charge in [0.15, 0.2) is 0 Å². The van der Waals surface area contributed by atoms with Gasteiger partial charge in [-0.2, -0.15) is 0 Å². The molecule has 3 nitrogen and oxygen atoms in total. The first kappa shape index (κ1) is 11.2. The van der Waals surface area contributed by atoms with Crippen LogP contribution in [0, 0.1) is 0 Å². The molecule has 0 aliphatic heterocycles.